The van der Waals surface area contributed by atoms with Crippen LogP contribution in [0, 0.1) is 0 Å². The van der Waals surface area contributed by atoms with Gasteiger partial charge in [0.1, 0.15) is 12.4 Å². The van der Waals surface area contributed by atoms with Gasteiger partial charge in [0.25, 0.3) is 5.91 Å². The summed E-state index contributed by atoms with van der Waals surface area (Å²) in [5, 5.41) is 6.32. The first kappa shape index (κ1) is 22.7. The molecular weight excluding hydrogens is 516 g/mol. The average Bonchev–Trinajstić information content (AvgIpc) is 3.44. The van der Waals surface area contributed by atoms with Gasteiger partial charge >= 0.3 is 0 Å². The molecule has 2 aliphatic rings. The minimum absolute atomic E-state index is 0.0908. The smallest absolute Gasteiger partial charge is 0.260 e. The quantitative estimate of drug-likeness (QED) is 0.364. The molecule has 8 heteroatoms. The predicted octanol–water partition coefficient (Wildman–Crippen LogP) is 5.92. The number of hydrogen-bond acceptors (Lipinski definition) is 6. The minimum Gasteiger partial charge on any atom is -0.488 e. The molecule has 0 spiro atoms. The van der Waals surface area contributed by atoms with Crippen LogP contribution >= 0.6 is 27.7 Å². The Hall–Kier alpha value is -3.10. The third-order valence-corrected chi connectivity index (χ3v) is 7.12. The molecule has 0 aliphatic carbocycles. The van der Waals surface area contributed by atoms with E-state index in [1.807, 2.05) is 54.6 Å². The Morgan fingerprint density at radius 3 is 2.68 bits per heavy atom. The fourth-order valence-corrected chi connectivity index (χ4v) is 5.12. The van der Waals surface area contributed by atoms with Crippen LogP contribution in [-0.2, 0) is 17.8 Å². The molecule has 0 saturated carbocycles. The van der Waals surface area contributed by atoms with Gasteiger partial charge < -0.3 is 24.8 Å². The molecule has 2 N–H and O–H groups in total. The van der Waals surface area contributed by atoms with Crippen molar-refractivity contribution in [3.8, 4) is 17.2 Å². The molecule has 1 saturated heterocycles. The molecule has 0 bridgehead atoms. The lowest BCUT2D eigenvalue weighted by atomic mass is 10.1. The van der Waals surface area contributed by atoms with Crippen molar-refractivity contribution >= 4 is 45.4 Å². The van der Waals surface area contributed by atoms with Gasteiger partial charge in [0.2, 0.25) is 6.79 Å². The van der Waals surface area contributed by atoms with Crippen molar-refractivity contribution in [3.05, 3.63) is 86.7 Å². The number of carbonyl (C=O) groups is 1. The lowest BCUT2D eigenvalue weighted by molar-refractivity contribution is -0.116. The maximum absolute atomic E-state index is 12.5. The van der Waals surface area contributed by atoms with Crippen LogP contribution in [0.5, 0.6) is 17.2 Å². The van der Waals surface area contributed by atoms with Crippen LogP contribution in [0.1, 0.15) is 23.6 Å². The second-order valence-corrected chi connectivity index (χ2v) is 9.84. The van der Waals surface area contributed by atoms with E-state index in [0.29, 0.717) is 11.5 Å². The second kappa shape index (κ2) is 10.0. The summed E-state index contributed by atoms with van der Waals surface area (Å²) in [6.07, 6.45) is 2.88. The normalized spacial score (nSPS) is 17.6. The van der Waals surface area contributed by atoms with Crippen molar-refractivity contribution in [3.63, 3.8) is 0 Å². The highest BCUT2D eigenvalue weighted by atomic mass is 79.9. The Balaban J connectivity index is 1.21. The highest BCUT2D eigenvalue weighted by molar-refractivity contribution is 9.10. The summed E-state index contributed by atoms with van der Waals surface area (Å²) in [6.45, 7) is 2.78. The van der Waals surface area contributed by atoms with Gasteiger partial charge in [0, 0.05) is 5.69 Å². The molecule has 1 amide bonds. The number of amides is 1. The number of nitrogens with one attached hydrogen (secondary N) is 2. The number of fused-ring (bicyclic) bond motifs is 1. The van der Waals surface area contributed by atoms with Gasteiger partial charge in [0.05, 0.1) is 9.38 Å². The molecule has 2 heterocycles. The molecular formula is C26H23BrN2O4S. The molecule has 6 nitrogen and oxygen atoms in total. The first-order chi connectivity index (χ1) is 16.6. The Bertz CT molecular complexity index is 1250. The van der Waals surface area contributed by atoms with Crippen molar-refractivity contribution in [1.82, 2.24) is 5.32 Å². The summed E-state index contributed by atoms with van der Waals surface area (Å²) in [5.41, 5.74) is 3.95. The molecule has 174 valence electrons. The van der Waals surface area contributed by atoms with E-state index in [1.54, 1.807) is 0 Å². The Kier molecular flexibility index (Phi) is 6.69. The van der Waals surface area contributed by atoms with Crippen LogP contribution in [0.25, 0.3) is 6.08 Å². The molecule has 1 fully saturated rings. The number of rotatable bonds is 7. The van der Waals surface area contributed by atoms with Crippen LogP contribution < -0.4 is 24.8 Å². The van der Waals surface area contributed by atoms with E-state index in [1.165, 1.54) is 17.3 Å². The highest BCUT2D eigenvalue weighted by Gasteiger charge is 2.27. The Morgan fingerprint density at radius 1 is 1.09 bits per heavy atom. The number of hydrogen-bond donors (Lipinski definition) is 2. The molecule has 0 unspecified atom stereocenters. The van der Waals surface area contributed by atoms with Crippen LogP contribution in [-0.4, -0.2) is 18.2 Å². The predicted molar refractivity (Wildman–Crippen MR) is 138 cm³/mol. The third-order valence-electron chi connectivity index (χ3n) is 5.48. The molecule has 5 rings (SSSR count). The molecule has 2 aliphatic heterocycles. The van der Waals surface area contributed by atoms with Crippen LogP contribution in [0.15, 0.2) is 70.0 Å². The minimum atomic E-state index is -0.209. The zero-order valence-corrected chi connectivity index (χ0v) is 20.9. The molecule has 3 aromatic carbocycles. The van der Waals surface area contributed by atoms with Crippen molar-refractivity contribution in [2.75, 3.05) is 12.1 Å². The number of thioether (sulfide) groups is 1. The van der Waals surface area contributed by atoms with Gasteiger partial charge in [-0.05, 0) is 81.5 Å². The van der Waals surface area contributed by atoms with Crippen molar-refractivity contribution < 1.29 is 19.0 Å². The van der Waals surface area contributed by atoms with Gasteiger partial charge in [-0.2, -0.15) is 0 Å². The number of halogens is 1. The fourth-order valence-electron chi connectivity index (χ4n) is 3.62. The van der Waals surface area contributed by atoms with E-state index in [0.717, 1.165) is 45.0 Å². The molecule has 1 atom stereocenters. The maximum Gasteiger partial charge on any atom is 0.260 e. The lowest BCUT2D eigenvalue weighted by Gasteiger charge is -2.12. The summed E-state index contributed by atoms with van der Waals surface area (Å²) in [7, 11) is 0. The van der Waals surface area contributed by atoms with Gasteiger partial charge in [-0.1, -0.05) is 43.0 Å². The monoisotopic (exact) mass is 538 g/mol. The van der Waals surface area contributed by atoms with E-state index in [-0.39, 0.29) is 18.2 Å². The molecule has 3 aromatic rings. The Morgan fingerprint density at radius 2 is 1.88 bits per heavy atom. The van der Waals surface area contributed by atoms with Gasteiger partial charge in [0.15, 0.2) is 17.0 Å². The maximum atomic E-state index is 12.5. The summed E-state index contributed by atoms with van der Waals surface area (Å²) in [5.74, 6) is 2.12. The second-order valence-electron chi connectivity index (χ2n) is 7.84. The zero-order valence-electron chi connectivity index (χ0n) is 18.5. The standard InChI is InChI=1S/C26H23BrN2O4S/c1-2-16-3-7-19(8-4-16)28-26-29-25(30)24(34-26)13-17-5-9-21(20(27)11-17)31-14-18-6-10-22-23(12-18)33-15-32-22/h3-13,26,28H,2,14-15H2,1H3,(H,29,30)/b24-13-/t26-/m1/s1. The lowest BCUT2D eigenvalue weighted by Crippen LogP contribution is -2.30. The molecule has 0 aromatic heterocycles. The number of carbonyl (C=O) groups excluding carboxylic acids is 1. The highest BCUT2D eigenvalue weighted by Crippen LogP contribution is 2.35. The first-order valence-corrected chi connectivity index (χ1v) is 12.6. The van der Waals surface area contributed by atoms with Crippen molar-refractivity contribution in [2.24, 2.45) is 0 Å². The van der Waals surface area contributed by atoms with E-state index in [9.17, 15) is 4.79 Å². The Labute approximate surface area is 210 Å². The number of anilines is 1. The van der Waals surface area contributed by atoms with Crippen LogP contribution in [0.4, 0.5) is 5.69 Å². The zero-order chi connectivity index (χ0) is 23.5. The SMILES string of the molecule is CCc1ccc(N[C@@H]2NC(=O)/C(=C/c3ccc(OCc4ccc5c(c4)OCO5)c(Br)c3)S2)cc1. The van der Waals surface area contributed by atoms with Crippen LogP contribution in [0.2, 0.25) is 0 Å². The fraction of sp³-hybridized carbons (Fsp3) is 0.192. The first-order valence-electron chi connectivity index (χ1n) is 10.9. The van der Waals surface area contributed by atoms with E-state index in [2.05, 4.69) is 45.6 Å². The molecule has 0 radical (unpaired) electrons. The molecule has 34 heavy (non-hydrogen) atoms. The average molecular weight is 539 g/mol. The summed E-state index contributed by atoms with van der Waals surface area (Å²) < 4.78 is 17.6. The van der Waals surface area contributed by atoms with Gasteiger partial charge in [-0.25, -0.2) is 0 Å². The van der Waals surface area contributed by atoms with Crippen molar-refractivity contribution in [2.45, 2.75) is 25.4 Å². The van der Waals surface area contributed by atoms with Crippen LogP contribution in [0.3, 0.4) is 0 Å². The third kappa shape index (κ3) is 5.18. The number of ether oxygens (including phenoxy) is 3. The summed E-state index contributed by atoms with van der Waals surface area (Å²) in [4.78, 5) is 13.1. The number of aryl methyl sites for hydroxylation is 1. The van der Waals surface area contributed by atoms with E-state index >= 15 is 0 Å². The van der Waals surface area contributed by atoms with E-state index < -0.39 is 0 Å². The summed E-state index contributed by atoms with van der Waals surface area (Å²) in [6, 6.07) is 19.8. The van der Waals surface area contributed by atoms with Gasteiger partial charge in [-0.3, -0.25) is 4.79 Å². The van der Waals surface area contributed by atoms with Gasteiger partial charge in [-0.15, -0.1) is 0 Å². The van der Waals surface area contributed by atoms with Crippen molar-refractivity contribution in [1.29, 1.82) is 0 Å². The topological polar surface area (TPSA) is 68.8 Å². The number of benzene rings is 3. The van der Waals surface area contributed by atoms with E-state index in [4.69, 9.17) is 14.2 Å². The summed E-state index contributed by atoms with van der Waals surface area (Å²) >= 11 is 5.05. The largest absolute Gasteiger partial charge is 0.488 e.